The first-order valence-electron chi connectivity index (χ1n) is 17.1. The van der Waals surface area contributed by atoms with E-state index in [4.69, 9.17) is 9.47 Å². The molecule has 1 spiro atoms. The van der Waals surface area contributed by atoms with E-state index < -0.39 is 5.54 Å². The number of aromatic nitrogens is 2. The highest BCUT2D eigenvalue weighted by atomic mass is 16.5. The van der Waals surface area contributed by atoms with Gasteiger partial charge < -0.3 is 29.2 Å². The first kappa shape index (κ1) is 32.1. The zero-order chi connectivity index (χ0) is 32.9. The lowest BCUT2D eigenvalue weighted by atomic mass is 9.85. The van der Waals surface area contributed by atoms with Crippen LogP contribution in [0.25, 0.3) is 11.0 Å². The fourth-order valence-corrected chi connectivity index (χ4v) is 7.44. The third kappa shape index (κ3) is 6.76. The molecule has 0 aliphatic carbocycles. The first-order valence-corrected chi connectivity index (χ1v) is 17.1. The number of aryl methyl sites for hydroxylation is 1. The highest BCUT2D eigenvalue weighted by Crippen LogP contribution is 2.40. The molecule has 252 valence electrons. The molecule has 3 aliphatic rings. The number of H-pyrrole nitrogens is 1. The molecule has 0 bridgehead atoms. The minimum absolute atomic E-state index is 0.0739. The molecule has 0 saturated carbocycles. The maximum atomic E-state index is 14.3. The van der Waals surface area contributed by atoms with E-state index >= 15 is 0 Å². The van der Waals surface area contributed by atoms with Crippen molar-refractivity contribution in [3.8, 4) is 0 Å². The van der Waals surface area contributed by atoms with E-state index in [0.29, 0.717) is 51.7 Å². The summed E-state index contributed by atoms with van der Waals surface area (Å²) in [5, 5.41) is 0. The number of esters is 1. The Morgan fingerprint density at radius 3 is 2.40 bits per heavy atom. The van der Waals surface area contributed by atoms with Crippen molar-refractivity contribution in [2.45, 2.75) is 37.9 Å². The highest BCUT2D eigenvalue weighted by Gasteiger charge is 2.53. The molecule has 0 atom stereocenters. The average Bonchev–Trinajstić information content (AvgIpc) is 3.58. The van der Waals surface area contributed by atoms with Gasteiger partial charge in [-0.25, -0.2) is 9.59 Å². The number of piperidine rings is 1. The van der Waals surface area contributed by atoms with Gasteiger partial charge in [0.15, 0.2) is 0 Å². The van der Waals surface area contributed by atoms with Crippen LogP contribution in [0.5, 0.6) is 0 Å². The summed E-state index contributed by atoms with van der Waals surface area (Å²) < 4.78 is 12.8. The van der Waals surface area contributed by atoms with Gasteiger partial charge in [0.1, 0.15) is 12.1 Å². The summed E-state index contributed by atoms with van der Waals surface area (Å²) in [6.07, 6.45) is 2.29. The van der Waals surface area contributed by atoms with Crippen LogP contribution in [0, 0.1) is 0 Å². The molecule has 1 aromatic heterocycles. The molecule has 0 unspecified atom stereocenters. The third-order valence-corrected chi connectivity index (χ3v) is 10.1. The number of anilines is 1. The number of nitrogens with one attached hydrogen (secondary N) is 1. The van der Waals surface area contributed by atoms with Crippen LogP contribution in [0.15, 0.2) is 83.7 Å². The fraction of sp³-hybridized carbons (Fsp3) is 0.432. The van der Waals surface area contributed by atoms with Gasteiger partial charge in [0.2, 0.25) is 5.91 Å². The van der Waals surface area contributed by atoms with Crippen molar-refractivity contribution in [2.24, 2.45) is 0 Å². The van der Waals surface area contributed by atoms with Gasteiger partial charge in [-0.1, -0.05) is 42.5 Å². The molecular formula is C37H44N6O5. The molecule has 7 rings (SSSR count). The number of rotatable bonds is 11. The number of hydrogen-bond acceptors (Lipinski definition) is 8. The second kappa shape index (κ2) is 14.3. The van der Waals surface area contributed by atoms with E-state index in [9.17, 15) is 14.4 Å². The first-order chi connectivity index (χ1) is 23.5. The largest absolute Gasteiger partial charge is 0.461 e. The van der Waals surface area contributed by atoms with Crippen molar-refractivity contribution in [3.05, 3.63) is 100 Å². The SMILES string of the molecule is O=C(OCCN1CCOCC1)c1cccc(CN2CN(c3ccccc3)C3(CCN(CCCn4c(=O)[nH]c5ccccc54)CC3)C2=O)c1. The summed E-state index contributed by atoms with van der Waals surface area (Å²) in [5.74, 6) is -0.211. The Labute approximate surface area is 280 Å². The Morgan fingerprint density at radius 2 is 1.58 bits per heavy atom. The van der Waals surface area contributed by atoms with Crippen molar-refractivity contribution in [2.75, 3.05) is 70.7 Å². The maximum absolute atomic E-state index is 14.3. The lowest BCUT2D eigenvalue weighted by Gasteiger charge is -2.43. The van der Waals surface area contributed by atoms with Crippen LogP contribution >= 0.6 is 0 Å². The number of nitrogens with zero attached hydrogens (tertiary/aromatic N) is 5. The van der Waals surface area contributed by atoms with Gasteiger partial charge in [-0.3, -0.25) is 14.3 Å². The number of para-hydroxylation sites is 3. The molecule has 4 aromatic rings. The molecule has 3 fully saturated rings. The number of benzene rings is 3. The Balaban J connectivity index is 0.986. The zero-order valence-corrected chi connectivity index (χ0v) is 27.4. The average molecular weight is 653 g/mol. The summed E-state index contributed by atoms with van der Waals surface area (Å²) in [7, 11) is 0. The monoisotopic (exact) mass is 652 g/mol. The number of hydrogen-bond donors (Lipinski definition) is 1. The Kier molecular flexibility index (Phi) is 9.60. The molecule has 11 nitrogen and oxygen atoms in total. The van der Waals surface area contributed by atoms with Crippen LogP contribution in [-0.2, 0) is 27.4 Å². The second-order valence-corrected chi connectivity index (χ2v) is 13.0. The van der Waals surface area contributed by atoms with E-state index in [2.05, 4.69) is 31.8 Å². The smallest absolute Gasteiger partial charge is 0.338 e. The van der Waals surface area contributed by atoms with Gasteiger partial charge in [-0.05, 0) is 67.8 Å². The summed E-state index contributed by atoms with van der Waals surface area (Å²) >= 11 is 0. The van der Waals surface area contributed by atoms with Gasteiger partial charge in [0.25, 0.3) is 0 Å². The van der Waals surface area contributed by atoms with E-state index in [0.717, 1.165) is 74.3 Å². The van der Waals surface area contributed by atoms with Gasteiger partial charge in [-0.15, -0.1) is 0 Å². The number of fused-ring (bicyclic) bond motifs is 1. The number of carbonyl (C=O) groups excluding carboxylic acids is 2. The van der Waals surface area contributed by atoms with E-state index in [1.54, 1.807) is 6.07 Å². The summed E-state index contributed by atoms with van der Waals surface area (Å²) in [6.45, 7) is 8.17. The van der Waals surface area contributed by atoms with Gasteiger partial charge in [0.05, 0.1) is 36.5 Å². The topological polar surface area (TPSA) is 103 Å². The van der Waals surface area contributed by atoms with E-state index in [-0.39, 0.29) is 17.6 Å². The quantitative estimate of drug-likeness (QED) is 0.246. The summed E-state index contributed by atoms with van der Waals surface area (Å²) in [4.78, 5) is 51.5. The molecule has 11 heteroatoms. The van der Waals surface area contributed by atoms with Crippen LogP contribution in [0.2, 0.25) is 0 Å². The summed E-state index contributed by atoms with van der Waals surface area (Å²) in [6, 6.07) is 25.4. The lowest BCUT2D eigenvalue weighted by molar-refractivity contribution is -0.134. The number of ether oxygens (including phenoxy) is 2. The summed E-state index contributed by atoms with van der Waals surface area (Å²) in [5.41, 5.74) is 3.54. The van der Waals surface area contributed by atoms with Gasteiger partial charge in [-0.2, -0.15) is 0 Å². The van der Waals surface area contributed by atoms with Crippen molar-refractivity contribution >= 4 is 28.6 Å². The number of amides is 1. The molecule has 48 heavy (non-hydrogen) atoms. The van der Waals surface area contributed by atoms with Crippen molar-refractivity contribution in [3.63, 3.8) is 0 Å². The van der Waals surface area contributed by atoms with Gasteiger partial charge in [0, 0.05) is 51.5 Å². The van der Waals surface area contributed by atoms with Crippen molar-refractivity contribution in [1.29, 1.82) is 0 Å². The van der Waals surface area contributed by atoms with Crippen LogP contribution < -0.4 is 10.6 Å². The van der Waals surface area contributed by atoms with Crippen LogP contribution in [0.1, 0.15) is 35.2 Å². The lowest BCUT2D eigenvalue weighted by Crippen LogP contribution is -2.56. The fourth-order valence-electron chi connectivity index (χ4n) is 7.44. The number of imidazole rings is 1. The Hall–Kier alpha value is -4.45. The number of carbonyl (C=O) groups is 2. The molecule has 4 heterocycles. The molecular weight excluding hydrogens is 608 g/mol. The maximum Gasteiger partial charge on any atom is 0.338 e. The molecule has 3 aromatic carbocycles. The number of morpholine rings is 1. The van der Waals surface area contributed by atoms with E-state index in [1.807, 2.05) is 70.1 Å². The molecule has 3 aliphatic heterocycles. The van der Waals surface area contributed by atoms with Gasteiger partial charge >= 0.3 is 11.7 Å². The van der Waals surface area contributed by atoms with Crippen LogP contribution in [0.3, 0.4) is 0 Å². The highest BCUT2D eigenvalue weighted by molar-refractivity contribution is 5.94. The van der Waals surface area contributed by atoms with Crippen molar-refractivity contribution in [1.82, 2.24) is 24.3 Å². The third-order valence-electron chi connectivity index (χ3n) is 10.1. The molecule has 0 radical (unpaired) electrons. The standard InChI is InChI=1S/C37H44N6O5/c44-34(48-25-22-40-20-23-47-24-21-40)30-9-6-8-29(26-30)27-41-28-43(31-10-2-1-3-11-31)37(35(41)45)14-18-39(19-15-37)16-7-17-42-33-13-5-4-12-32(33)38-36(42)46/h1-6,8-13,26H,7,14-25,27-28H2,(H,38,46). The minimum Gasteiger partial charge on any atom is -0.461 e. The molecule has 1 amide bonds. The second-order valence-electron chi connectivity index (χ2n) is 13.0. The molecule has 1 N–H and O–H groups in total. The Morgan fingerprint density at radius 1 is 0.833 bits per heavy atom. The number of likely N-dealkylation sites (tertiary alicyclic amines) is 1. The predicted octanol–water partition coefficient (Wildman–Crippen LogP) is 3.55. The molecule has 3 saturated heterocycles. The van der Waals surface area contributed by atoms with Crippen LogP contribution in [0.4, 0.5) is 5.69 Å². The predicted molar refractivity (Wildman–Crippen MR) is 184 cm³/mol. The van der Waals surface area contributed by atoms with E-state index in [1.165, 1.54) is 0 Å². The van der Waals surface area contributed by atoms with Crippen LogP contribution in [-0.4, -0.2) is 107 Å². The van der Waals surface area contributed by atoms with Crippen molar-refractivity contribution < 1.29 is 19.1 Å². The Bertz CT molecular complexity index is 1770. The number of aromatic amines is 1. The minimum atomic E-state index is -0.623. The zero-order valence-electron chi connectivity index (χ0n) is 27.4. The normalized spacial score (nSPS) is 18.6.